The van der Waals surface area contributed by atoms with Crippen LogP contribution in [0, 0.1) is 5.41 Å². The molecule has 3 aliphatic rings. The Balaban J connectivity index is 1.89. The molecule has 2 atom stereocenters. The van der Waals surface area contributed by atoms with Crippen molar-refractivity contribution in [1.82, 2.24) is 5.69 Å². The van der Waals surface area contributed by atoms with E-state index in [1.165, 1.54) is 11.1 Å². The van der Waals surface area contributed by atoms with Gasteiger partial charge in [-0.25, -0.2) is 0 Å². The molecule has 0 bridgehead atoms. The maximum atomic E-state index is 2.69. The number of benzene rings is 2. The fourth-order valence-electron chi connectivity index (χ4n) is 6.41. The number of rotatable bonds is 2. The van der Waals surface area contributed by atoms with Crippen LogP contribution in [0.25, 0.3) is 12.2 Å². The third kappa shape index (κ3) is 2.14. The number of nitrogens with zero attached hydrogens (tertiary/aromatic N) is 2. The third-order valence-corrected chi connectivity index (χ3v) is 21.9. The molecule has 2 nitrogen and oxygen atoms in total. The Morgan fingerprint density at radius 1 is 0.679 bits per heavy atom. The van der Waals surface area contributed by atoms with Crippen LogP contribution in [0.15, 0.2) is 59.7 Å². The first-order valence-corrected chi connectivity index (χ1v) is 15.3. The van der Waals surface area contributed by atoms with Gasteiger partial charge in [0.25, 0.3) is 0 Å². The van der Waals surface area contributed by atoms with Crippen molar-refractivity contribution in [3.8, 4) is 0 Å². The molecule has 28 heavy (non-hydrogen) atoms. The van der Waals surface area contributed by atoms with E-state index in [9.17, 15) is 0 Å². The summed E-state index contributed by atoms with van der Waals surface area (Å²) in [6.45, 7) is 4.92. The molecule has 1 heterocycles. The van der Waals surface area contributed by atoms with Gasteiger partial charge in [0.15, 0.2) is 0 Å². The summed E-state index contributed by atoms with van der Waals surface area (Å²) in [4.78, 5) is 0. The van der Waals surface area contributed by atoms with Crippen LogP contribution >= 0.6 is 0 Å². The average molecular weight is 450 g/mol. The summed E-state index contributed by atoms with van der Waals surface area (Å²) in [6.07, 6.45) is 5.05. The summed E-state index contributed by atoms with van der Waals surface area (Å²) in [6, 6.07) is 18.3. The molecular weight excluding hydrogens is 420 g/mol. The summed E-state index contributed by atoms with van der Waals surface area (Å²) in [7, 11) is 9.41. The molecule has 2 aromatic rings. The topological polar surface area (TPSA) is 6.48 Å². The monoisotopic (exact) mass is 448 g/mol. The van der Waals surface area contributed by atoms with E-state index in [4.69, 9.17) is 0 Å². The van der Waals surface area contributed by atoms with Crippen LogP contribution < -0.4 is 0 Å². The number of allylic oxidation sites excluding steroid dienone is 2. The first-order chi connectivity index (χ1) is 13.3. The van der Waals surface area contributed by atoms with Gasteiger partial charge in [0.05, 0.1) is 0 Å². The fourth-order valence-corrected chi connectivity index (χ4v) is 22.3. The molecule has 5 rings (SSSR count). The van der Waals surface area contributed by atoms with Crippen molar-refractivity contribution < 1.29 is 20.8 Å². The van der Waals surface area contributed by atoms with Gasteiger partial charge in [0.1, 0.15) is 0 Å². The van der Waals surface area contributed by atoms with Crippen LogP contribution in [0.1, 0.15) is 43.4 Å². The van der Waals surface area contributed by atoms with Crippen LogP contribution in [-0.4, -0.2) is 33.9 Å². The minimum atomic E-state index is -3.19. The zero-order valence-corrected chi connectivity index (χ0v) is 20.3. The Labute approximate surface area is 174 Å². The van der Waals surface area contributed by atoms with E-state index in [1.807, 2.05) is 0 Å². The maximum absolute atomic E-state index is 3.19. The van der Waals surface area contributed by atoms with Crippen molar-refractivity contribution in [2.75, 3.05) is 28.2 Å². The molecule has 0 amide bonds. The van der Waals surface area contributed by atoms with Gasteiger partial charge in [0, 0.05) is 0 Å². The second-order valence-corrected chi connectivity index (χ2v) is 20.6. The quantitative estimate of drug-likeness (QED) is 0.605. The van der Waals surface area contributed by atoms with Crippen molar-refractivity contribution >= 4 is 12.2 Å². The standard InChI is InChI=1S/C21H18.2C2H6N.Zr/c1-21(2,19-11-15-7-3-4-8-16(15)12-19)20-13-17-9-5-6-10-18(17)14-20;2*1-3-2;/h3-14H,1-2H3;2*1-2H3;/q;2*-1;+2. The van der Waals surface area contributed by atoms with E-state index in [2.05, 4.69) is 108 Å². The van der Waals surface area contributed by atoms with Crippen molar-refractivity contribution in [3.63, 3.8) is 0 Å². The van der Waals surface area contributed by atoms with Crippen LogP contribution in [0.4, 0.5) is 0 Å². The Hall–Kier alpha value is -1.28. The summed E-state index contributed by atoms with van der Waals surface area (Å²) in [5, 5.41) is 0. The molecule has 0 saturated carbocycles. The van der Waals surface area contributed by atoms with Crippen molar-refractivity contribution in [1.29, 1.82) is 0 Å². The van der Waals surface area contributed by atoms with Gasteiger partial charge in [-0.05, 0) is 0 Å². The molecular formula is C25H30N2Zr. The Morgan fingerprint density at radius 2 is 1.07 bits per heavy atom. The number of hydrogen-bond acceptors (Lipinski definition) is 2. The molecule has 0 radical (unpaired) electrons. The molecule has 0 N–H and O–H groups in total. The van der Waals surface area contributed by atoms with Gasteiger partial charge >= 0.3 is 175 Å². The molecule has 2 aliphatic carbocycles. The molecule has 2 unspecified atom stereocenters. The SMILES string of the molecule is C[N](C)[Zr]1([N](C)C)[CH]2C(=Cc3ccccc32)C(C)(C)C2=Cc3ccccc3[CH]21. The van der Waals surface area contributed by atoms with Crippen LogP contribution in [-0.2, 0) is 20.8 Å². The van der Waals surface area contributed by atoms with E-state index >= 15 is 0 Å². The van der Waals surface area contributed by atoms with E-state index in [0.29, 0.717) is 7.25 Å². The van der Waals surface area contributed by atoms with Gasteiger partial charge in [-0.2, -0.15) is 0 Å². The molecule has 0 aromatic heterocycles. The summed E-state index contributed by atoms with van der Waals surface area (Å²) in [5.74, 6) is 0. The van der Waals surface area contributed by atoms with Crippen molar-refractivity contribution in [2.45, 2.75) is 21.1 Å². The summed E-state index contributed by atoms with van der Waals surface area (Å²) >= 11 is -3.19. The van der Waals surface area contributed by atoms with Gasteiger partial charge in [-0.15, -0.1) is 0 Å². The predicted molar refractivity (Wildman–Crippen MR) is 115 cm³/mol. The molecule has 1 fully saturated rings. The van der Waals surface area contributed by atoms with Gasteiger partial charge in [-0.1, -0.05) is 0 Å². The normalized spacial score (nSPS) is 25.7. The third-order valence-electron chi connectivity index (χ3n) is 7.58. The number of fused-ring (bicyclic) bond motifs is 6. The van der Waals surface area contributed by atoms with Crippen LogP contribution in [0.3, 0.4) is 0 Å². The molecule has 2 aromatic carbocycles. The number of hydrogen-bond donors (Lipinski definition) is 0. The van der Waals surface area contributed by atoms with E-state index in [0.717, 1.165) is 0 Å². The first kappa shape index (κ1) is 18.7. The van der Waals surface area contributed by atoms with E-state index in [-0.39, 0.29) is 5.41 Å². The fraction of sp³-hybridized carbons (Fsp3) is 0.360. The average Bonchev–Trinajstić information content (AvgIpc) is 3.23. The second kappa shape index (κ2) is 6.11. The predicted octanol–water partition coefficient (Wildman–Crippen LogP) is 5.41. The van der Waals surface area contributed by atoms with Gasteiger partial charge in [0.2, 0.25) is 0 Å². The second-order valence-electron chi connectivity index (χ2n) is 9.52. The van der Waals surface area contributed by atoms with Crippen molar-refractivity contribution in [3.05, 3.63) is 81.9 Å². The zero-order valence-electron chi connectivity index (χ0n) is 17.8. The molecule has 3 heteroatoms. The minimum absolute atomic E-state index is 0.0831. The Kier molecular flexibility index (Phi) is 4.09. The first-order valence-electron chi connectivity index (χ1n) is 10.3. The Morgan fingerprint density at radius 3 is 1.46 bits per heavy atom. The summed E-state index contributed by atoms with van der Waals surface area (Å²) < 4.78 is 6.48. The molecule has 0 spiro atoms. The van der Waals surface area contributed by atoms with Gasteiger partial charge in [-0.3, -0.25) is 0 Å². The van der Waals surface area contributed by atoms with Crippen LogP contribution in [0.2, 0.25) is 0 Å². The molecule has 1 saturated heterocycles. The van der Waals surface area contributed by atoms with E-state index < -0.39 is 20.8 Å². The van der Waals surface area contributed by atoms with Gasteiger partial charge < -0.3 is 0 Å². The molecule has 1 aliphatic heterocycles. The molecule has 144 valence electrons. The van der Waals surface area contributed by atoms with Crippen molar-refractivity contribution in [2.24, 2.45) is 5.41 Å². The summed E-state index contributed by atoms with van der Waals surface area (Å²) in [5.41, 5.74) is 9.37. The zero-order chi connectivity index (χ0) is 19.8. The Bertz CT molecular complexity index is 947. The van der Waals surface area contributed by atoms with E-state index in [1.54, 1.807) is 22.3 Å². The van der Waals surface area contributed by atoms with Crippen LogP contribution in [0.5, 0.6) is 0 Å².